The van der Waals surface area contributed by atoms with Crippen LogP contribution in [-0.4, -0.2) is 23.1 Å². The molecule has 0 saturated carbocycles. The minimum Gasteiger partial charge on any atom is -0.506 e. The molecule has 0 unspecified atom stereocenters. The Morgan fingerprint density at radius 1 is 1.33 bits per heavy atom. The lowest BCUT2D eigenvalue weighted by atomic mass is 9.92. The maximum Gasteiger partial charge on any atom is 0.134 e. The first-order chi connectivity index (χ1) is 8.70. The lowest BCUT2D eigenvalue weighted by molar-refractivity contribution is 0.170. The van der Waals surface area contributed by atoms with Crippen LogP contribution in [0.25, 0.3) is 0 Å². The maximum atomic E-state index is 9.99. The van der Waals surface area contributed by atoms with E-state index < -0.39 is 0 Å². The molecule has 0 aliphatic carbocycles. The number of nitrogens with zero attached hydrogens (tertiary/aromatic N) is 1. The molecule has 0 spiro atoms. The number of rotatable bonds is 4. The molecule has 0 aromatic heterocycles. The highest BCUT2D eigenvalue weighted by atomic mass is 79.9. The third kappa shape index (κ3) is 3.48. The van der Waals surface area contributed by atoms with Gasteiger partial charge in [-0.25, -0.2) is 0 Å². The van der Waals surface area contributed by atoms with E-state index in [-0.39, 0.29) is 0 Å². The van der Waals surface area contributed by atoms with Crippen molar-refractivity contribution in [2.45, 2.75) is 39.2 Å². The second kappa shape index (κ2) is 6.58. The zero-order valence-electron chi connectivity index (χ0n) is 11.0. The van der Waals surface area contributed by atoms with Crippen LogP contribution in [0.15, 0.2) is 22.7 Å². The summed E-state index contributed by atoms with van der Waals surface area (Å²) in [7, 11) is 0. The van der Waals surface area contributed by atoms with E-state index in [1.54, 1.807) is 0 Å². The molecule has 2 nitrogen and oxygen atoms in total. The fourth-order valence-corrected chi connectivity index (χ4v) is 3.18. The van der Waals surface area contributed by atoms with E-state index in [1.165, 1.54) is 25.7 Å². The molecular weight excluding hydrogens is 290 g/mol. The van der Waals surface area contributed by atoms with Gasteiger partial charge in [-0.05, 0) is 53.8 Å². The largest absolute Gasteiger partial charge is 0.506 e. The number of phenolic OH excluding ortho intramolecular Hbond substituents is 1. The molecule has 0 amide bonds. The van der Waals surface area contributed by atoms with Crippen molar-refractivity contribution >= 4 is 15.9 Å². The van der Waals surface area contributed by atoms with E-state index in [0.29, 0.717) is 5.75 Å². The Morgan fingerprint density at radius 3 is 2.72 bits per heavy atom. The predicted molar refractivity (Wildman–Crippen MR) is 78.7 cm³/mol. The molecule has 2 rings (SSSR count). The summed E-state index contributed by atoms with van der Waals surface area (Å²) < 4.78 is 0.792. The number of para-hydroxylation sites is 1. The fraction of sp³-hybridized carbons (Fsp3) is 0.600. The van der Waals surface area contributed by atoms with Gasteiger partial charge in [0.05, 0.1) is 4.47 Å². The summed E-state index contributed by atoms with van der Waals surface area (Å²) in [6, 6.07) is 5.88. The first-order valence-electron chi connectivity index (χ1n) is 6.89. The molecule has 1 N–H and O–H groups in total. The quantitative estimate of drug-likeness (QED) is 0.902. The van der Waals surface area contributed by atoms with Crippen LogP contribution in [0, 0.1) is 5.92 Å². The number of hydrogen-bond acceptors (Lipinski definition) is 2. The Morgan fingerprint density at radius 2 is 2.06 bits per heavy atom. The van der Waals surface area contributed by atoms with Gasteiger partial charge in [-0.2, -0.15) is 0 Å². The zero-order chi connectivity index (χ0) is 13.0. The van der Waals surface area contributed by atoms with Gasteiger partial charge in [-0.3, -0.25) is 4.90 Å². The molecule has 0 bridgehead atoms. The van der Waals surface area contributed by atoms with Crippen LogP contribution in [-0.2, 0) is 6.54 Å². The van der Waals surface area contributed by atoms with Gasteiger partial charge in [0, 0.05) is 12.1 Å². The van der Waals surface area contributed by atoms with Gasteiger partial charge >= 0.3 is 0 Å². The molecular formula is C15H22BrNO. The number of hydrogen-bond donors (Lipinski definition) is 1. The van der Waals surface area contributed by atoms with E-state index in [1.807, 2.05) is 18.2 Å². The monoisotopic (exact) mass is 311 g/mol. The smallest absolute Gasteiger partial charge is 0.134 e. The Bertz CT molecular complexity index is 386. The molecule has 1 saturated heterocycles. The Kier molecular flexibility index (Phi) is 5.07. The van der Waals surface area contributed by atoms with Gasteiger partial charge in [-0.1, -0.05) is 31.9 Å². The first kappa shape index (κ1) is 13.9. The molecule has 1 aromatic rings. The van der Waals surface area contributed by atoms with Gasteiger partial charge in [0.15, 0.2) is 0 Å². The van der Waals surface area contributed by atoms with E-state index in [9.17, 15) is 5.11 Å². The summed E-state index contributed by atoms with van der Waals surface area (Å²) >= 11 is 3.37. The SMILES string of the molecule is CCCC1CCN(Cc2cccc(Br)c2O)CC1. The van der Waals surface area contributed by atoms with Gasteiger partial charge in [-0.15, -0.1) is 0 Å². The Labute approximate surface area is 118 Å². The average molecular weight is 312 g/mol. The molecule has 1 aliphatic heterocycles. The molecule has 18 heavy (non-hydrogen) atoms. The zero-order valence-corrected chi connectivity index (χ0v) is 12.6. The number of likely N-dealkylation sites (tertiary alicyclic amines) is 1. The standard InChI is InChI=1S/C15H22BrNO/c1-2-4-12-7-9-17(10-8-12)11-13-5-3-6-14(16)15(13)18/h3,5-6,12,18H,2,4,7-11H2,1H3. The molecule has 1 fully saturated rings. The molecule has 0 radical (unpaired) electrons. The number of piperidine rings is 1. The van der Waals surface area contributed by atoms with Crippen molar-refractivity contribution in [3.05, 3.63) is 28.2 Å². The van der Waals surface area contributed by atoms with Crippen molar-refractivity contribution in [1.82, 2.24) is 4.90 Å². The summed E-state index contributed by atoms with van der Waals surface area (Å²) in [5, 5.41) is 9.99. The lowest BCUT2D eigenvalue weighted by Gasteiger charge is -2.32. The van der Waals surface area contributed by atoms with Crippen LogP contribution < -0.4 is 0 Å². The van der Waals surface area contributed by atoms with Gasteiger partial charge in [0.2, 0.25) is 0 Å². The van der Waals surface area contributed by atoms with E-state index in [0.717, 1.165) is 35.6 Å². The Balaban J connectivity index is 1.90. The highest BCUT2D eigenvalue weighted by Gasteiger charge is 2.19. The number of aromatic hydroxyl groups is 1. The third-order valence-corrected chi connectivity index (χ3v) is 4.51. The minimum atomic E-state index is 0.396. The highest BCUT2D eigenvalue weighted by Crippen LogP contribution is 2.30. The van der Waals surface area contributed by atoms with Crippen LogP contribution in [0.4, 0.5) is 0 Å². The van der Waals surface area contributed by atoms with Crippen LogP contribution >= 0.6 is 15.9 Å². The lowest BCUT2D eigenvalue weighted by Crippen LogP contribution is -2.33. The average Bonchev–Trinajstić information content (AvgIpc) is 2.38. The van der Waals surface area contributed by atoms with Crippen molar-refractivity contribution in [3.8, 4) is 5.75 Å². The van der Waals surface area contributed by atoms with Gasteiger partial charge < -0.3 is 5.11 Å². The molecule has 1 heterocycles. The molecule has 1 aliphatic rings. The summed E-state index contributed by atoms with van der Waals surface area (Å²) in [6.07, 6.45) is 5.29. The van der Waals surface area contributed by atoms with E-state index in [2.05, 4.69) is 27.8 Å². The summed E-state index contributed by atoms with van der Waals surface area (Å²) in [6.45, 7) is 5.46. The summed E-state index contributed by atoms with van der Waals surface area (Å²) in [4.78, 5) is 2.45. The van der Waals surface area contributed by atoms with Crippen LogP contribution in [0.2, 0.25) is 0 Å². The second-order valence-electron chi connectivity index (χ2n) is 5.26. The van der Waals surface area contributed by atoms with E-state index in [4.69, 9.17) is 0 Å². The van der Waals surface area contributed by atoms with Crippen LogP contribution in [0.1, 0.15) is 38.2 Å². The van der Waals surface area contributed by atoms with Crippen LogP contribution in [0.3, 0.4) is 0 Å². The fourth-order valence-electron chi connectivity index (χ4n) is 2.77. The van der Waals surface area contributed by atoms with E-state index >= 15 is 0 Å². The maximum absolute atomic E-state index is 9.99. The van der Waals surface area contributed by atoms with Crippen molar-refractivity contribution in [2.75, 3.05) is 13.1 Å². The Hall–Kier alpha value is -0.540. The number of phenols is 1. The first-order valence-corrected chi connectivity index (χ1v) is 7.68. The van der Waals surface area contributed by atoms with Crippen molar-refractivity contribution in [1.29, 1.82) is 0 Å². The van der Waals surface area contributed by atoms with Crippen molar-refractivity contribution in [3.63, 3.8) is 0 Å². The molecule has 100 valence electrons. The molecule has 3 heteroatoms. The predicted octanol–water partition coefficient (Wildman–Crippen LogP) is 4.17. The van der Waals surface area contributed by atoms with Gasteiger partial charge in [0.1, 0.15) is 5.75 Å². The minimum absolute atomic E-state index is 0.396. The summed E-state index contributed by atoms with van der Waals surface area (Å²) in [5.74, 6) is 1.32. The molecule has 1 aromatic carbocycles. The summed E-state index contributed by atoms with van der Waals surface area (Å²) in [5.41, 5.74) is 1.03. The topological polar surface area (TPSA) is 23.5 Å². The number of benzene rings is 1. The third-order valence-electron chi connectivity index (χ3n) is 3.87. The normalized spacial score (nSPS) is 18.1. The van der Waals surface area contributed by atoms with Crippen LogP contribution in [0.5, 0.6) is 5.75 Å². The van der Waals surface area contributed by atoms with Crippen molar-refractivity contribution < 1.29 is 5.11 Å². The molecule has 0 atom stereocenters. The van der Waals surface area contributed by atoms with Gasteiger partial charge in [0.25, 0.3) is 0 Å². The second-order valence-corrected chi connectivity index (χ2v) is 6.11. The van der Waals surface area contributed by atoms with Crippen molar-refractivity contribution in [2.24, 2.45) is 5.92 Å². The number of halogens is 1. The highest BCUT2D eigenvalue weighted by molar-refractivity contribution is 9.10.